The number of rotatable bonds is 8. The van der Waals surface area contributed by atoms with Crippen molar-refractivity contribution < 1.29 is 23.6 Å². The molecule has 142 valence electrons. The van der Waals surface area contributed by atoms with E-state index in [1.807, 2.05) is 0 Å². The second kappa shape index (κ2) is 8.39. The molecule has 0 radical (unpaired) electrons. The molecule has 1 aliphatic rings. The number of aryl methyl sites for hydroxylation is 1. The van der Waals surface area contributed by atoms with E-state index in [1.165, 1.54) is 15.8 Å². The summed E-state index contributed by atoms with van der Waals surface area (Å²) in [6.45, 7) is 5.13. The molecule has 0 amide bonds. The smallest absolute Gasteiger partial charge is 0.346 e. The van der Waals surface area contributed by atoms with Gasteiger partial charge in [-0.3, -0.25) is 23.7 Å². The normalized spacial score (nSPS) is 21.8. The first kappa shape index (κ1) is 20.0. The molecular formula is C14H24N3O7P. The average Bonchev–Trinajstić information content (AvgIpc) is 2.93. The van der Waals surface area contributed by atoms with E-state index in [0.29, 0.717) is 5.56 Å². The van der Waals surface area contributed by atoms with E-state index in [1.54, 1.807) is 20.8 Å². The summed E-state index contributed by atoms with van der Waals surface area (Å²) < 4.78 is 24.4. The Bertz CT molecular complexity index is 737. The molecule has 1 aromatic rings. The Morgan fingerprint density at radius 2 is 2.00 bits per heavy atom. The number of hydroxylamine groups is 2. The zero-order valence-corrected chi connectivity index (χ0v) is 15.4. The topological polar surface area (TPSA) is 123 Å². The molecule has 25 heavy (non-hydrogen) atoms. The molecule has 0 aliphatic carbocycles. The number of aromatic amines is 1. The van der Waals surface area contributed by atoms with Gasteiger partial charge in [0, 0.05) is 18.2 Å². The minimum Gasteiger partial charge on any atom is -0.395 e. The molecule has 0 spiro atoms. The van der Waals surface area contributed by atoms with Crippen LogP contribution in [0.1, 0.15) is 32.1 Å². The predicted molar refractivity (Wildman–Crippen MR) is 89.2 cm³/mol. The van der Waals surface area contributed by atoms with Crippen LogP contribution < -0.4 is 11.2 Å². The van der Waals surface area contributed by atoms with Gasteiger partial charge in [-0.25, -0.2) is 4.79 Å². The Hall–Kier alpha value is -1.29. The second-order valence-corrected chi connectivity index (χ2v) is 7.64. The van der Waals surface area contributed by atoms with Gasteiger partial charge >= 0.3 is 13.3 Å². The Balaban J connectivity index is 2.23. The van der Waals surface area contributed by atoms with Gasteiger partial charge in [-0.1, -0.05) is 0 Å². The molecule has 1 aromatic heterocycles. The van der Waals surface area contributed by atoms with E-state index in [2.05, 4.69) is 4.98 Å². The van der Waals surface area contributed by atoms with Crippen molar-refractivity contribution in [2.24, 2.45) is 0 Å². The number of H-pyrrole nitrogens is 1. The Kier molecular flexibility index (Phi) is 6.72. The molecule has 0 aromatic carbocycles. The molecule has 10 nitrogen and oxygen atoms in total. The van der Waals surface area contributed by atoms with Gasteiger partial charge in [0.05, 0.1) is 25.9 Å². The van der Waals surface area contributed by atoms with Crippen LogP contribution in [-0.4, -0.2) is 51.9 Å². The standard InChI is InChI=1S/C14H24N3O7P/c1-4-22-25(21,23-5-2)9-17-11(8-18)6-12(24-17)16-7-10(3)13(19)15-14(16)20/h7,11-12,18H,4-6,8-9H2,1-3H3,(H,15,19,20)/t11-,12+/m0/s1. The van der Waals surface area contributed by atoms with Gasteiger partial charge < -0.3 is 14.2 Å². The summed E-state index contributed by atoms with van der Waals surface area (Å²) in [5.74, 6) is 0. The van der Waals surface area contributed by atoms with Crippen LogP contribution in [0, 0.1) is 6.92 Å². The predicted octanol–water partition coefficient (Wildman–Crippen LogP) is 0.565. The monoisotopic (exact) mass is 377 g/mol. The van der Waals surface area contributed by atoms with E-state index < -0.39 is 31.1 Å². The summed E-state index contributed by atoms with van der Waals surface area (Å²) >= 11 is 0. The van der Waals surface area contributed by atoms with Crippen LogP contribution in [0.2, 0.25) is 0 Å². The molecule has 2 rings (SSSR count). The number of nitrogens with one attached hydrogen (secondary N) is 1. The Morgan fingerprint density at radius 1 is 1.36 bits per heavy atom. The van der Waals surface area contributed by atoms with Crippen LogP contribution in [0.4, 0.5) is 0 Å². The number of nitrogens with zero attached hydrogens (tertiary/aromatic N) is 2. The molecule has 1 fully saturated rings. The van der Waals surface area contributed by atoms with Gasteiger partial charge in [0.15, 0.2) is 6.23 Å². The average molecular weight is 377 g/mol. The van der Waals surface area contributed by atoms with Crippen LogP contribution in [0.3, 0.4) is 0 Å². The summed E-state index contributed by atoms with van der Waals surface area (Å²) in [5, 5.41) is 10.9. The van der Waals surface area contributed by atoms with Gasteiger partial charge in [-0.15, -0.1) is 0 Å². The highest BCUT2D eigenvalue weighted by Gasteiger charge is 2.40. The highest BCUT2D eigenvalue weighted by atomic mass is 31.2. The minimum absolute atomic E-state index is 0.173. The quantitative estimate of drug-likeness (QED) is 0.630. The summed E-state index contributed by atoms with van der Waals surface area (Å²) in [6.07, 6.45) is 0.763. The summed E-state index contributed by atoms with van der Waals surface area (Å²) in [5.41, 5.74) is -0.722. The molecule has 0 unspecified atom stereocenters. The summed E-state index contributed by atoms with van der Waals surface area (Å²) in [4.78, 5) is 31.4. The fourth-order valence-electron chi connectivity index (χ4n) is 2.60. The summed E-state index contributed by atoms with van der Waals surface area (Å²) in [6, 6.07) is -0.488. The van der Waals surface area contributed by atoms with Crippen LogP contribution in [0.25, 0.3) is 0 Å². The van der Waals surface area contributed by atoms with Gasteiger partial charge in [-0.2, -0.15) is 5.06 Å². The largest absolute Gasteiger partial charge is 0.395 e. The van der Waals surface area contributed by atoms with Crippen LogP contribution in [-0.2, 0) is 18.5 Å². The number of hydrogen-bond donors (Lipinski definition) is 2. The lowest BCUT2D eigenvalue weighted by Crippen LogP contribution is -2.34. The molecule has 11 heteroatoms. The van der Waals surface area contributed by atoms with Crippen molar-refractivity contribution in [2.75, 3.05) is 26.1 Å². The van der Waals surface area contributed by atoms with E-state index in [0.717, 1.165) is 0 Å². The van der Waals surface area contributed by atoms with Gasteiger partial charge in [0.2, 0.25) is 0 Å². The van der Waals surface area contributed by atoms with Crippen molar-refractivity contribution in [2.45, 2.75) is 39.5 Å². The Labute approximate surface area is 144 Å². The lowest BCUT2D eigenvalue weighted by molar-refractivity contribution is -0.179. The first-order valence-corrected chi connectivity index (χ1v) is 9.80. The Morgan fingerprint density at radius 3 is 2.56 bits per heavy atom. The van der Waals surface area contributed by atoms with E-state index in [-0.39, 0.29) is 32.5 Å². The molecule has 2 heterocycles. The van der Waals surface area contributed by atoms with E-state index in [4.69, 9.17) is 13.9 Å². The maximum atomic E-state index is 12.7. The SMILES string of the molecule is CCOP(=O)(CN1O[C@@H](n2cc(C)c(=O)[nH]c2=O)C[C@H]1CO)OCC. The molecule has 2 atom stereocenters. The van der Waals surface area contributed by atoms with Crippen molar-refractivity contribution in [1.29, 1.82) is 0 Å². The minimum atomic E-state index is -3.42. The lowest BCUT2D eigenvalue weighted by atomic mass is 10.2. The molecule has 2 N–H and O–H groups in total. The highest BCUT2D eigenvalue weighted by molar-refractivity contribution is 7.53. The maximum Gasteiger partial charge on any atom is 0.346 e. The molecule has 0 bridgehead atoms. The third-order valence-electron chi connectivity index (χ3n) is 3.77. The van der Waals surface area contributed by atoms with Crippen molar-refractivity contribution in [3.05, 3.63) is 32.6 Å². The van der Waals surface area contributed by atoms with E-state index >= 15 is 0 Å². The van der Waals surface area contributed by atoms with Crippen molar-refractivity contribution in [3.63, 3.8) is 0 Å². The number of hydrogen-bond acceptors (Lipinski definition) is 8. The first-order valence-electron chi connectivity index (χ1n) is 8.08. The lowest BCUT2D eigenvalue weighted by Gasteiger charge is -2.25. The first-order chi connectivity index (χ1) is 11.8. The maximum absolute atomic E-state index is 12.7. The zero-order valence-electron chi connectivity index (χ0n) is 14.5. The van der Waals surface area contributed by atoms with Crippen molar-refractivity contribution >= 4 is 7.60 Å². The van der Waals surface area contributed by atoms with Crippen LogP contribution in [0.5, 0.6) is 0 Å². The highest BCUT2D eigenvalue weighted by Crippen LogP contribution is 2.50. The summed E-state index contributed by atoms with van der Waals surface area (Å²) in [7, 11) is -3.42. The van der Waals surface area contributed by atoms with Crippen molar-refractivity contribution in [3.8, 4) is 0 Å². The van der Waals surface area contributed by atoms with Gasteiger partial charge in [0.1, 0.15) is 6.29 Å². The third kappa shape index (κ3) is 4.66. The fourth-order valence-corrected chi connectivity index (χ4v) is 4.26. The van der Waals surface area contributed by atoms with Gasteiger partial charge in [0.25, 0.3) is 5.56 Å². The van der Waals surface area contributed by atoms with E-state index in [9.17, 15) is 19.3 Å². The fraction of sp³-hybridized carbons (Fsp3) is 0.714. The molecule has 1 saturated heterocycles. The van der Waals surface area contributed by atoms with Crippen molar-refractivity contribution in [1.82, 2.24) is 14.6 Å². The van der Waals surface area contributed by atoms with Crippen LogP contribution in [0.15, 0.2) is 15.8 Å². The zero-order chi connectivity index (χ0) is 18.6. The number of aromatic nitrogens is 2. The second-order valence-electron chi connectivity index (χ2n) is 5.62. The molecule has 0 saturated carbocycles. The van der Waals surface area contributed by atoms with Gasteiger partial charge in [-0.05, 0) is 20.8 Å². The third-order valence-corrected chi connectivity index (χ3v) is 5.70. The number of aliphatic hydroxyl groups excluding tert-OH is 1. The molecule has 1 aliphatic heterocycles. The number of aliphatic hydroxyl groups is 1. The molecular weight excluding hydrogens is 353 g/mol. The van der Waals surface area contributed by atoms with Crippen LogP contribution >= 0.6 is 7.60 Å².